The van der Waals surface area contributed by atoms with Crippen molar-refractivity contribution in [1.82, 2.24) is 5.32 Å². The number of amides is 2. The molecule has 160 valence electrons. The van der Waals surface area contributed by atoms with Gasteiger partial charge in [-0.05, 0) is 19.1 Å². The monoisotopic (exact) mass is 418 g/mol. The van der Waals surface area contributed by atoms with Gasteiger partial charge in [0.1, 0.15) is 0 Å². The van der Waals surface area contributed by atoms with E-state index in [1.54, 1.807) is 6.92 Å². The number of nitrogens with zero attached hydrogens (tertiary/aromatic N) is 1. The van der Waals surface area contributed by atoms with E-state index in [9.17, 15) is 36.2 Å². The Bertz CT molecular complexity index is 630. The molecule has 0 aliphatic rings. The maximum absolute atomic E-state index is 13.0. The molecule has 1 aromatic rings. The fraction of sp³-hybridized carbons (Fsp3) is 0.562. The van der Waals surface area contributed by atoms with Gasteiger partial charge < -0.3 is 19.9 Å². The predicted octanol–water partition coefficient (Wildman–Crippen LogP) is 3.15. The lowest BCUT2D eigenvalue weighted by atomic mass is 9.92. The third-order valence-electron chi connectivity index (χ3n) is 3.85. The Hall–Kier alpha value is -2.05. The number of ether oxygens (including phenoxy) is 2. The van der Waals surface area contributed by atoms with Crippen molar-refractivity contribution < 1.29 is 45.7 Å². The van der Waals surface area contributed by atoms with Crippen LogP contribution in [0.5, 0.6) is 0 Å². The van der Waals surface area contributed by atoms with Crippen LogP contribution in [0.3, 0.4) is 0 Å². The normalized spacial score (nSPS) is 13.0. The lowest BCUT2D eigenvalue weighted by Gasteiger charge is -2.33. The van der Waals surface area contributed by atoms with E-state index in [-0.39, 0.29) is 18.8 Å². The summed E-state index contributed by atoms with van der Waals surface area (Å²) in [6.07, 6.45) is -12.9. The molecule has 12 heteroatoms. The van der Waals surface area contributed by atoms with Crippen LogP contribution < -0.4 is 10.2 Å². The van der Waals surface area contributed by atoms with E-state index in [4.69, 9.17) is 9.47 Å². The first-order valence-corrected chi connectivity index (χ1v) is 7.90. The molecular weight excluding hydrogens is 398 g/mol. The number of aliphatic hydroxyl groups is 1. The van der Waals surface area contributed by atoms with Gasteiger partial charge in [-0.1, -0.05) is 12.1 Å². The Morgan fingerprint density at radius 1 is 1.07 bits per heavy atom. The molecule has 28 heavy (non-hydrogen) atoms. The minimum Gasteiger partial charge on any atom is -0.369 e. The number of urea groups is 1. The van der Waals surface area contributed by atoms with Gasteiger partial charge in [-0.15, -0.1) is 0 Å². The highest BCUT2D eigenvalue weighted by Gasteiger charge is 2.71. The maximum Gasteiger partial charge on any atom is 0.430 e. The quantitative estimate of drug-likeness (QED) is 0.527. The molecule has 1 aromatic carbocycles. The van der Waals surface area contributed by atoms with Gasteiger partial charge in [-0.25, -0.2) is 4.79 Å². The number of carbonyl (C=O) groups is 1. The van der Waals surface area contributed by atoms with Crippen LogP contribution in [0, 0.1) is 0 Å². The van der Waals surface area contributed by atoms with Gasteiger partial charge in [0.15, 0.2) is 6.29 Å². The fourth-order valence-corrected chi connectivity index (χ4v) is 2.32. The topological polar surface area (TPSA) is 71.0 Å². The molecule has 0 heterocycles. The Kier molecular flexibility index (Phi) is 7.68. The second kappa shape index (κ2) is 8.97. The van der Waals surface area contributed by atoms with Gasteiger partial charge in [0.25, 0.3) is 5.60 Å². The molecule has 0 saturated carbocycles. The zero-order valence-corrected chi connectivity index (χ0v) is 15.2. The average Bonchev–Trinajstić information content (AvgIpc) is 2.60. The summed E-state index contributed by atoms with van der Waals surface area (Å²) in [6, 6.07) is 1.95. The van der Waals surface area contributed by atoms with E-state index >= 15 is 0 Å². The second-order valence-corrected chi connectivity index (χ2v) is 5.60. The minimum absolute atomic E-state index is 0.0273. The molecule has 2 amide bonds. The van der Waals surface area contributed by atoms with Crippen molar-refractivity contribution in [2.45, 2.75) is 31.2 Å². The van der Waals surface area contributed by atoms with Gasteiger partial charge in [0.2, 0.25) is 0 Å². The van der Waals surface area contributed by atoms with Crippen molar-refractivity contribution in [3.63, 3.8) is 0 Å². The van der Waals surface area contributed by atoms with Crippen LogP contribution in [-0.4, -0.2) is 57.1 Å². The van der Waals surface area contributed by atoms with Gasteiger partial charge in [0.05, 0.1) is 6.54 Å². The van der Waals surface area contributed by atoms with Crippen molar-refractivity contribution in [2.24, 2.45) is 0 Å². The summed E-state index contributed by atoms with van der Waals surface area (Å²) in [5.41, 5.74) is -6.50. The van der Waals surface area contributed by atoms with Crippen LogP contribution in [-0.2, 0) is 15.1 Å². The molecule has 0 unspecified atom stereocenters. The van der Waals surface area contributed by atoms with Gasteiger partial charge in [-0.2, -0.15) is 26.3 Å². The first-order valence-electron chi connectivity index (χ1n) is 7.90. The third kappa shape index (κ3) is 4.86. The number of anilines is 1. The zero-order valence-electron chi connectivity index (χ0n) is 15.2. The SMILES string of the molecule is CCNC(=O)N(CC(OC)OC)c1ccc(C(O)(C(F)(F)F)C(F)(F)F)cc1. The molecule has 0 aliphatic carbocycles. The molecular formula is C16H20F6N2O4. The zero-order chi connectivity index (χ0) is 21.8. The standard InChI is InChI=1S/C16H20F6N2O4/c1-4-23-13(25)24(9-12(27-2)28-3)11-7-5-10(6-8-11)14(26,15(17,18)19)16(20,21)22/h5-8,12,26H,4,9H2,1-3H3,(H,23,25). The van der Waals surface area contributed by atoms with Crippen molar-refractivity contribution >= 4 is 11.7 Å². The van der Waals surface area contributed by atoms with Crippen molar-refractivity contribution in [3.05, 3.63) is 29.8 Å². The van der Waals surface area contributed by atoms with E-state index in [0.717, 1.165) is 17.0 Å². The highest BCUT2D eigenvalue weighted by molar-refractivity contribution is 5.92. The molecule has 0 spiro atoms. The molecule has 0 radical (unpaired) electrons. The molecule has 0 saturated heterocycles. The summed E-state index contributed by atoms with van der Waals surface area (Å²) >= 11 is 0. The Morgan fingerprint density at radius 3 is 1.89 bits per heavy atom. The number of halogens is 6. The van der Waals surface area contributed by atoms with Crippen LogP contribution in [0.2, 0.25) is 0 Å². The fourth-order valence-electron chi connectivity index (χ4n) is 2.32. The first-order chi connectivity index (χ1) is 12.8. The molecule has 0 fully saturated rings. The number of carbonyl (C=O) groups excluding carboxylic acids is 1. The average molecular weight is 418 g/mol. The summed E-state index contributed by atoms with van der Waals surface area (Å²) in [5, 5.41) is 11.9. The molecule has 0 atom stereocenters. The largest absolute Gasteiger partial charge is 0.430 e. The van der Waals surface area contributed by atoms with Crippen LogP contribution in [0.15, 0.2) is 24.3 Å². The molecule has 0 bridgehead atoms. The number of hydrogen-bond donors (Lipinski definition) is 2. The summed E-state index contributed by atoms with van der Waals surface area (Å²) in [7, 11) is 2.58. The summed E-state index contributed by atoms with van der Waals surface area (Å²) < 4.78 is 87.7. The van der Waals surface area contributed by atoms with Crippen LogP contribution in [0.1, 0.15) is 12.5 Å². The molecule has 0 aliphatic heterocycles. The Balaban J connectivity index is 3.34. The summed E-state index contributed by atoms with van der Waals surface area (Å²) in [5.74, 6) is 0. The number of alkyl halides is 6. The number of hydrogen-bond acceptors (Lipinski definition) is 4. The molecule has 2 N–H and O–H groups in total. The van der Waals surface area contributed by atoms with Crippen LogP contribution in [0.4, 0.5) is 36.8 Å². The van der Waals surface area contributed by atoms with Gasteiger partial charge in [-0.3, -0.25) is 4.90 Å². The number of nitrogens with one attached hydrogen (secondary N) is 1. The van der Waals surface area contributed by atoms with E-state index < -0.39 is 35.8 Å². The number of benzene rings is 1. The van der Waals surface area contributed by atoms with E-state index in [1.807, 2.05) is 0 Å². The second-order valence-electron chi connectivity index (χ2n) is 5.60. The maximum atomic E-state index is 13.0. The molecule has 0 aromatic heterocycles. The third-order valence-corrected chi connectivity index (χ3v) is 3.85. The summed E-state index contributed by atoms with van der Waals surface area (Å²) in [6.45, 7) is 1.65. The van der Waals surface area contributed by atoms with Crippen molar-refractivity contribution in [2.75, 3.05) is 32.2 Å². The smallest absolute Gasteiger partial charge is 0.369 e. The van der Waals surface area contributed by atoms with Crippen molar-refractivity contribution in [3.8, 4) is 0 Å². The molecule has 6 nitrogen and oxygen atoms in total. The van der Waals surface area contributed by atoms with E-state index in [2.05, 4.69) is 5.32 Å². The lowest BCUT2D eigenvalue weighted by molar-refractivity contribution is -0.376. The Morgan fingerprint density at radius 2 is 1.54 bits per heavy atom. The predicted molar refractivity (Wildman–Crippen MR) is 86.7 cm³/mol. The van der Waals surface area contributed by atoms with Gasteiger partial charge in [0, 0.05) is 32.0 Å². The Labute approximate surface area is 157 Å². The summed E-state index contributed by atoms with van der Waals surface area (Å²) in [4.78, 5) is 13.2. The number of rotatable bonds is 7. The van der Waals surface area contributed by atoms with Crippen LogP contribution in [0.25, 0.3) is 0 Å². The van der Waals surface area contributed by atoms with E-state index in [1.165, 1.54) is 14.2 Å². The van der Waals surface area contributed by atoms with E-state index in [0.29, 0.717) is 12.1 Å². The minimum atomic E-state index is -6.00. The van der Waals surface area contributed by atoms with Crippen molar-refractivity contribution in [1.29, 1.82) is 0 Å². The first kappa shape index (κ1) is 24.0. The van der Waals surface area contributed by atoms with Crippen LogP contribution >= 0.6 is 0 Å². The van der Waals surface area contributed by atoms with Gasteiger partial charge >= 0.3 is 18.4 Å². The highest BCUT2D eigenvalue weighted by atomic mass is 19.4. The molecule has 1 rings (SSSR count). The highest BCUT2D eigenvalue weighted by Crippen LogP contribution is 2.50. The lowest BCUT2D eigenvalue weighted by Crippen LogP contribution is -2.53. The number of methoxy groups -OCH3 is 2.